The molecule has 0 amide bonds. The number of nitrogens with zero attached hydrogens (tertiary/aromatic N) is 3. The number of nitriles is 1. The van der Waals surface area contributed by atoms with Crippen LogP contribution in [0.5, 0.6) is 0 Å². The molecule has 4 unspecified atom stereocenters. The van der Waals surface area contributed by atoms with Crippen LogP contribution in [0.15, 0.2) is 91.0 Å². The maximum absolute atomic E-state index is 14.9. The van der Waals surface area contributed by atoms with Gasteiger partial charge in [0.2, 0.25) is 0 Å². The third-order valence-corrected chi connectivity index (χ3v) is 22.9. The summed E-state index contributed by atoms with van der Waals surface area (Å²) in [5, 5.41) is 10.9. The van der Waals surface area contributed by atoms with E-state index >= 15 is 0 Å². The highest BCUT2D eigenvalue weighted by Crippen LogP contribution is 2.64. The molecule has 290 valence electrons. The maximum Gasteiger partial charge on any atom is 0.193 e. The minimum Gasteiger partial charge on any atom is -0.412 e. The Balaban J connectivity index is 1.50. The van der Waals surface area contributed by atoms with Crippen molar-refractivity contribution in [1.82, 2.24) is 9.47 Å². The molecule has 7 nitrogen and oxygen atoms in total. The van der Waals surface area contributed by atoms with Crippen LogP contribution < -0.4 is 0 Å². The molecule has 7 rings (SSSR count). The number of fused-ring (bicyclic) bond motifs is 5. The lowest BCUT2D eigenvalue weighted by atomic mass is 9.72. The van der Waals surface area contributed by atoms with Gasteiger partial charge in [0.05, 0.1) is 35.8 Å². The van der Waals surface area contributed by atoms with E-state index in [0.717, 1.165) is 16.8 Å². The number of rotatable bonds is 10. The lowest BCUT2D eigenvalue weighted by Crippen LogP contribution is -2.55. The summed E-state index contributed by atoms with van der Waals surface area (Å²) in [4.78, 5) is 17.6. The van der Waals surface area contributed by atoms with Gasteiger partial charge in [0, 0.05) is 30.5 Å². The van der Waals surface area contributed by atoms with Crippen LogP contribution in [0, 0.1) is 17.2 Å². The molecule has 1 saturated heterocycles. The molecule has 1 aromatic heterocycles. The summed E-state index contributed by atoms with van der Waals surface area (Å²) >= 11 is 0. The second-order valence-electron chi connectivity index (χ2n) is 19.0. The highest BCUT2D eigenvalue weighted by atomic mass is 28.4. The number of methoxy groups -OCH3 is 1. The van der Waals surface area contributed by atoms with Gasteiger partial charge in [-0.25, -0.2) is 0 Å². The zero-order valence-corrected chi connectivity index (χ0v) is 36.9. The predicted molar refractivity (Wildman–Crippen MR) is 224 cm³/mol. The number of ether oxygens (including phenoxy) is 1. The van der Waals surface area contributed by atoms with E-state index in [9.17, 15) is 10.1 Å². The minimum atomic E-state index is -2.52. The van der Waals surface area contributed by atoms with E-state index in [1.165, 1.54) is 16.7 Å². The van der Waals surface area contributed by atoms with E-state index in [1.807, 2.05) is 6.92 Å². The first kappa shape index (κ1) is 39.6. The van der Waals surface area contributed by atoms with Gasteiger partial charge in [-0.2, -0.15) is 5.26 Å². The van der Waals surface area contributed by atoms with Crippen molar-refractivity contribution in [2.75, 3.05) is 7.11 Å². The van der Waals surface area contributed by atoms with Gasteiger partial charge in [-0.1, -0.05) is 139 Å². The van der Waals surface area contributed by atoms with Gasteiger partial charge in [-0.3, -0.25) is 9.69 Å². The van der Waals surface area contributed by atoms with Crippen molar-refractivity contribution in [3.8, 4) is 6.07 Å². The van der Waals surface area contributed by atoms with Crippen LogP contribution in [0.2, 0.25) is 36.3 Å². The van der Waals surface area contributed by atoms with E-state index in [2.05, 4.69) is 174 Å². The number of hydrogen-bond acceptors (Lipinski definition) is 6. The minimum absolute atomic E-state index is 0.0140. The normalized spacial score (nSPS) is 25.2. The summed E-state index contributed by atoms with van der Waals surface area (Å²) in [6.45, 7) is 25.2. The average Bonchev–Trinajstić information content (AvgIpc) is 3.54. The molecule has 1 aliphatic carbocycles. The number of carbonyl (C=O) groups is 1. The monoisotopic (exact) mass is 773 g/mol. The quantitative estimate of drug-likeness (QED) is 0.0907. The molecular weight excluding hydrogens is 715 g/mol. The van der Waals surface area contributed by atoms with E-state index in [0.29, 0.717) is 18.8 Å². The largest absolute Gasteiger partial charge is 0.412 e. The molecule has 6 atom stereocenters. The molecule has 0 radical (unpaired) electrons. The summed E-state index contributed by atoms with van der Waals surface area (Å²) in [5.74, 6) is -0.801. The Morgan fingerprint density at radius 3 is 1.69 bits per heavy atom. The van der Waals surface area contributed by atoms with E-state index in [4.69, 9.17) is 13.6 Å². The summed E-state index contributed by atoms with van der Waals surface area (Å²) < 4.78 is 23.1. The van der Waals surface area contributed by atoms with Gasteiger partial charge < -0.3 is 18.2 Å². The van der Waals surface area contributed by atoms with Crippen LogP contribution in [-0.4, -0.2) is 50.6 Å². The lowest BCUT2D eigenvalue weighted by molar-refractivity contribution is -0.0877. The first-order valence-corrected chi connectivity index (χ1v) is 25.6. The number of benzene rings is 3. The fourth-order valence-corrected chi connectivity index (χ4v) is 10.9. The molecule has 2 aliphatic heterocycles. The second kappa shape index (κ2) is 13.5. The summed E-state index contributed by atoms with van der Waals surface area (Å²) in [6.07, 6.45) is -0.769. The van der Waals surface area contributed by atoms with Crippen molar-refractivity contribution in [3.63, 3.8) is 0 Å². The van der Waals surface area contributed by atoms with Gasteiger partial charge in [0.1, 0.15) is 12.2 Å². The average molecular weight is 774 g/mol. The zero-order chi connectivity index (χ0) is 39.9. The third-order valence-electron chi connectivity index (χ3n) is 14.0. The fourth-order valence-electron chi connectivity index (χ4n) is 8.76. The number of carbonyl (C=O) groups excluding carboxylic acids is 1. The van der Waals surface area contributed by atoms with Gasteiger partial charge in [0.15, 0.2) is 28.0 Å². The summed E-state index contributed by atoms with van der Waals surface area (Å²) in [7, 11) is -3.24. The molecule has 1 fully saturated rings. The van der Waals surface area contributed by atoms with Crippen LogP contribution >= 0.6 is 0 Å². The second-order valence-corrected chi connectivity index (χ2v) is 28.5. The standard InChI is InChI=1S/C46H59N3O4Si2/c1-31-41(50)40-37(42(45(31,30-47)51-8)53-55(11,12)44(5,6)7)35(29-52-54(9,10)43(2,3)4)38-39-36(28-48(38)40)49(39)46(32-22-16-13-17-23-32,33-24-18-14-19-25-33)34-26-20-15-21-27-34/h13-27,31,36,39,42H,28-29H2,1-12H3/t31?,36-,39-,42?,45?,49?/m0/s1. The molecule has 3 aromatic carbocycles. The molecule has 0 spiro atoms. The predicted octanol–water partition coefficient (Wildman–Crippen LogP) is 10.5. The molecule has 55 heavy (non-hydrogen) atoms. The molecule has 3 heterocycles. The van der Waals surface area contributed by atoms with Crippen molar-refractivity contribution in [2.45, 2.75) is 127 Å². The van der Waals surface area contributed by atoms with Crippen molar-refractivity contribution < 1.29 is 18.4 Å². The molecular formula is C46H59N3O4Si2. The molecule has 0 bridgehead atoms. The fraction of sp³-hybridized carbons (Fsp3) is 0.478. The Kier molecular flexibility index (Phi) is 9.72. The Hall–Kier alpha value is -3.63. The lowest BCUT2D eigenvalue weighted by Gasteiger charge is -2.47. The van der Waals surface area contributed by atoms with Crippen molar-refractivity contribution in [1.29, 1.82) is 5.26 Å². The van der Waals surface area contributed by atoms with Crippen molar-refractivity contribution >= 4 is 22.4 Å². The Labute approximate surface area is 330 Å². The number of Topliss-reactive ketones (excluding diaryl/α,β-unsaturated/α-hetero) is 1. The van der Waals surface area contributed by atoms with Crippen LogP contribution in [0.1, 0.15) is 105 Å². The molecule has 0 saturated carbocycles. The highest BCUT2D eigenvalue weighted by molar-refractivity contribution is 6.74. The van der Waals surface area contributed by atoms with Crippen LogP contribution in [0.25, 0.3) is 0 Å². The SMILES string of the molecule is COC1(C#N)C(C)C(=O)c2c(c(CO[Si](C)(C)C(C)(C)C)c3n2C[C@H]2[C@@H]3N2C(c2ccccc2)(c2ccccc2)c2ccccc2)C1O[Si](C)(C)C(C)(C)C. The molecule has 3 aliphatic rings. The number of aromatic nitrogens is 1. The van der Waals surface area contributed by atoms with E-state index in [1.54, 1.807) is 7.11 Å². The Bertz CT molecular complexity index is 2010. The Morgan fingerprint density at radius 2 is 1.27 bits per heavy atom. The van der Waals surface area contributed by atoms with E-state index < -0.39 is 39.8 Å². The van der Waals surface area contributed by atoms with Crippen molar-refractivity contribution in [3.05, 3.63) is 130 Å². The molecule has 9 heteroatoms. The first-order chi connectivity index (χ1) is 25.8. The van der Waals surface area contributed by atoms with Crippen LogP contribution in [0.3, 0.4) is 0 Å². The van der Waals surface area contributed by atoms with Gasteiger partial charge in [-0.05, 0) is 53.0 Å². The third kappa shape index (κ3) is 5.90. The van der Waals surface area contributed by atoms with Gasteiger partial charge >= 0.3 is 0 Å². The zero-order valence-electron chi connectivity index (χ0n) is 34.9. The van der Waals surface area contributed by atoms with Crippen LogP contribution in [0.4, 0.5) is 0 Å². The molecule has 0 N–H and O–H groups in total. The van der Waals surface area contributed by atoms with E-state index in [-0.39, 0.29) is 27.9 Å². The van der Waals surface area contributed by atoms with Gasteiger partial charge in [0.25, 0.3) is 0 Å². The Morgan fingerprint density at radius 1 is 0.800 bits per heavy atom. The summed E-state index contributed by atoms with van der Waals surface area (Å²) in [6, 6.07) is 35.1. The number of hydrogen-bond donors (Lipinski definition) is 0. The van der Waals surface area contributed by atoms with Gasteiger partial charge in [-0.15, -0.1) is 0 Å². The highest BCUT2D eigenvalue weighted by Gasteiger charge is 2.68. The summed E-state index contributed by atoms with van der Waals surface area (Å²) in [5.41, 5.74) is 5.01. The smallest absolute Gasteiger partial charge is 0.193 e. The first-order valence-electron chi connectivity index (χ1n) is 19.8. The van der Waals surface area contributed by atoms with Crippen LogP contribution in [-0.2, 0) is 32.3 Å². The molecule has 4 aromatic rings. The topological polar surface area (TPSA) is 76.5 Å². The van der Waals surface area contributed by atoms with Crippen molar-refractivity contribution in [2.24, 2.45) is 5.92 Å². The maximum atomic E-state index is 14.9. The number of ketones is 1.